The number of hydrogen-bond acceptors (Lipinski definition) is 4. The zero-order chi connectivity index (χ0) is 11.2. The molecule has 0 bridgehead atoms. The minimum Gasteiger partial charge on any atom is -0.314 e. The molecule has 0 spiro atoms. The highest BCUT2D eigenvalue weighted by Gasteiger charge is 2.11. The van der Waals surface area contributed by atoms with Crippen molar-refractivity contribution in [2.75, 3.05) is 26.2 Å². The molecule has 15 heavy (non-hydrogen) atoms. The molecule has 0 heterocycles. The van der Waals surface area contributed by atoms with Gasteiger partial charge in [0.2, 0.25) is 0 Å². The molecule has 0 aliphatic heterocycles. The van der Waals surface area contributed by atoms with E-state index in [-0.39, 0.29) is 16.9 Å². The van der Waals surface area contributed by atoms with Gasteiger partial charge in [0, 0.05) is 35.7 Å². The van der Waals surface area contributed by atoms with Crippen molar-refractivity contribution < 1.29 is 0 Å². The summed E-state index contributed by atoms with van der Waals surface area (Å²) >= 11 is 8.86. The van der Waals surface area contributed by atoms with Gasteiger partial charge in [0.15, 0.2) is 0 Å². The summed E-state index contributed by atoms with van der Waals surface area (Å²) < 4.78 is 0.144. The molecule has 94 valence electrons. The fourth-order valence-electron chi connectivity index (χ4n) is 0.965. The van der Waals surface area contributed by atoms with Crippen LogP contribution in [0.5, 0.6) is 0 Å². The standard InChI is InChI=1S/C10H24N2S2.CH4/c1-9(2,13)7-11-5-6-12-8-10(3,4)14;/h11-14H,5-8H2,1-4H3;1H4. The van der Waals surface area contributed by atoms with E-state index < -0.39 is 0 Å². The van der Waals surface area contributed by atoms with Crippen LogP contribution in [0.2, 0.25) is 0 Å². The SMILES string of the molecule is C.CC(C)(S)CNCCNCC(C)(C)S. The number of nitrogens with one attached hydrogen (secondary N) is 2. The first-order valence-corrected chi connectivity index (χ1v) is 5.96. The van der Waals surface area contributed by atoms with E-state index in [0.29, 0.717) is 0 Å². The number of hydrogen-bond donors (Lipinski definition) is 4. The maximum Gasteiger partial charge on any atom is 0.0198 e. The Kier molecular flexibility index (Phi) is 9.39. The Labute approximate surface area is 107 Å². The summed E-state index contributed by atoms with van der Waals surface area (Å²) in [6.07, 6.45) is 0. The average molecular weight is 252 g/mol. The molecule has 0 saturated heterocycles. The zero-order valence-electron chi connectivity index (χ0n) is 9.72. The van der Waals surface area contributed by atoms with Gasteiger partial charge in [-0.15, -0.1) is 0 Å². The molecule has 0 unspecified atom stereocenters. The molecule has 2 nitrogen and oxygen atoms in total. The lowest BCUT2D eigenvalue weighted by Gasteiger charge is -2.20. The van der Waals surface area contributed by atoms with Crippen molar-refractivity contribution >= 4 is 25.3 Å². The molecule has 2 N–H and O–H groups in total. The summed E-state index contributed by atoms with van der Waals surface area (Å²) in [7, 11) is 0. The van der Waals surface area contributed by atoms with Crippen LogP contribution in [0.4, 0.5) is 0 Å². The van der Waals surface area contributed by atoms with E-state index >= 15 is 0 Å². The van der Waals surface area contributed by atoms with Gasteiger partial charge in [0.1, 0.15) is 0 Å². The van der Waals surface area contributed by atoms with Crippen molar-refractivity contribution in [3.05, 3.63) is 0 Å². The Hall–Kier alpha value is 0.620. The van der Waals surface area contributed by atoms with Gasteiger partial charge in [0.05, 0.1) is 0 Å². The van der Waals surface area contributed by atoms with Gasteiger partial charge in [-0.25, -0.2) is 0 Å². The van der Waals surface area contributed by atoms with E-state index in [0.717, 1.165) is 26.2 Å². The maximum atomic E-state index is 4.43. The topological polar surface area (TPSA) is 24.1 Å². The van der Waals surface area contributed by atoms with Crippen molar-refractivity contribution in [3.63, 3.8) is 0 Å². The average Bonchev–Trinajstić information content (AvgIpc) is 1.92. The highest BCUT2D eigenvalue weighted by molar-refractivity contribution is 7.82. The summed E-state index contributed by atoms with van der Waals surface area (Å²) in [6, 6.07) is 0. The summed E-state index contributed by atoms with van der Waals surface area (Å²) in [5, 5.41) is 6.70. The molecule has 0 radical (unpaired) electrons. The third-order valence-electron chi connectivity index (χ3n) is 1.59. The van der Waals surface area contributed by atoms with Crippen LogP contribution in [0, 0.1) is 0 Å². The second-order valence-corrected chi connectivity index (χ2v) is 7.40. The monoisotopic (exact) mass is 252 g/mol. The van der Waals surface area contributed by atoms with Crippen LogP contribution in [-0.2, 0) is 0 Å². The van der Waals surface area contributed by atoms with Gasteiger partial charge in [-0.1, -0.05) is 7.43 Å². The first kappa shape index (κ1) is 18.0. The Morgan fingerprint density at radius 3 is 1.27 bits per heavy atom. The van der Waals surface area contributed by atoms with Gasteiger partial charge in [0.25, 0.3) is 0 Å². The van der Waals surface area contributed by atoms with Crippen LogP contribution in [0.15, 0.2) is 0 Å². The van der Waals surface area contributed by atoms with Gasteiger partial charge in [-0.05, 0) is 27.7 Å². The first-order chi connectivity index (χ1) is 6.21. The molecule has 0 amide bonds. The number of rotatable bonds is 7. The van der Waals surface area contributed by atoms with Crippen LogP contribution in [0.3, 0.4) is 0 Å². The van der Waals surface area contributed by atoms with Gasteiger partial charge in [-0.2, -0.15) is 25.3 Å². The summed E-state index contributed by atoms with van der Waals surface area (Å²) in [5.74, 6) is 0. The summed E-state index contributed by atoms with van der Waals surface area (Å²) in [5.41, 5.74) is 0. The molecule has 0 fully saturated rings. The molecule has 0 saturated carbocycles. The summed E-state index contributed by atoms with van der Waals surface area (Å²) in [6.45, 7) is 12.2. The lowest BCUT2D eigenvalue weighted by atomic mass is 10.2. The predicted octanol–water partition coefficient (Wildman–Crippen LogP) is 2.22. The van der Waals surface area contributed by atoms with E-state index in [2.05, 4.69) is 63.6 Å². The third-order valence-corrected chi connectivity index (χ3v) is 1.91. The highest BCUT2D eigenvalue weighted by Crippen LogP contribution is 2.09. The molecule has 0 aliphatic carbocycles. The lowest BCUT2D eigenvalue weighted by molar-refractivity contribution is 0.542. The van der Waals surface area contributed by atoms with Crippen LogP contribution in [-0.4, -0.2) is 35.7 Å². The molecular formula is C11H28N2S2. The minimum absolute atomic E-state index is 0. The fourth-order valence-corrected chi connectivity index (χ4v) is 1.19. The van der Waals surface area contributed by atoms with Crippen LogP contribution in [0.1, 0.15) is 35.1 Å². The van der Waals surface area contributed by atoms with Crippen LogP contribution in [0.25, 0.3) is 0 Å². The van der Waals surface area contributed by atoms with E-state index in [1.165, 1.54) is 0 Å². The normalized spacial score (nSPS) is 12.4. The highest BCUT2D eigenvalue weighted by atomic mass is 32.1. The largest absolute Gasteiger partial charge is 0.314 e. The van der Waals surface area contributed by atoms with Crippen LogP contribution >= 0.6 is 25.3 Å². The van der Waals surface area contributed by atoms with Gasteiger partial charge in [-0.3, -0.25) is 0 Å². The number of thiol groups is 2. The van der Waals surface area contributed by atoms with Gasteiger partial charge >= 0.3 is 0 Å². The minimum atomic E-state index is 0. The molecule has 0 rings (SSSR count). The van der Waals surface area contributed by atoms with Crippen molar-refractivity contribution in [2.24, 2.45) is 0 Å². The lowest BCUT2D eigenvalue weighted by Crippen LogP contribution is -2.38. The van der Waals surface area contributed by atoms with Crippen molar-refractivity contribution in [2.45, 2.75) is 44.6 Å². The predicted molar refractivity (Wildman–Crippen MR) is 78.6 cm³/mol. The first-order valence-electron chi connectivity index (χ1n) is 5.07. The Morgan fingerprint density at radius 1 is 0.800 bits per heavy atom. The second kappa shape index (κ2) is 7.82. The fraction of sp³-hybridized carbons (Fsp3) is 1.00. The van der Waals surface area contributed by atoms with E-state index in [1.807, 2.05) is 0 Å². The van der Waals surface area contributed by atoms with Crippen molar-refractivity contribution in [1.82, 2.24) is 10.6 Å². The van der Waals surface area contributed by atoms with E-state index in [9.17, 15) is 0 Å². The molecule has 0 aliphatic rings. The van der Waals surface area contributed by atoms with E-state index in [1.54, 1.807) is 0 Å². The Balaban J connectivity index is 0. The molecular weight excluding hydrogens is 224 g/mol. The Morgan fingerprint density at radius 2 is 1.07 bits per heavy atom. The molecule has 0 atom stereocenters. The van der Waals surface area contributed by atoms with Gasteiger partial charge < -0.3 is 10.6 Å². The smallest absolute Gasteiger partial charge is 0.0198 e. The molecule has 0 aromatic carbocycles. The quantitative estimate of drug-likeness (QED) is 0.413. The molecule has 4 heteroatoms. The van der Waals surface area contributed by atoms with Crippen LogP contribution < -0.4 is 10.6 Å². The zero-order valence-corrected chi connectivity index (χ0v) is 11.5. The summed E-state index contributed by atoms with van der Waals surface area (Å²) in [4.78, 5) is 0. The Bertz CT molecular complexity index is 130. The molecule has 0 aromatic heterocycles. The third kappa shape index (κ3) is 17.2. The van der Waals surface area contributed by atoms with Crippen molar-refractivity contribution in [1.29, 1.82) is 0 Å². The van der Waals surface area contributed by atoms with E-state index in [4.69, 9.17) is 0 Å². The molecule has 0 aromatic rings. The second-order valence-electron chi connectivity index (χ2n) is 4.98. The maximum absolute atomic E-state index is 4.43. The van der Waals surface area contributed by atoms with Crippen molar-refractivity contribution in [3.8, 4) is 0 Å².